The van der Waals surface area contributed by atoms with E-state index in [1.54, 1.807) is 30.5 Å². The molecule has 1 heterocycles. The summed E-state index contributed by atoms with van der Waals surface area (Å²) < 4.78 is 0. The van der Waals surface area contributed by atoms with Gasteiger partial charge in [0.2, 0.25) is 0 Å². The van der Waals surface area contributed by atoms with Crippen LogP contribution in [-0.2, 0) is 0 Å². The van der Waals surface area contributed by atoms with Crippen molar-refractivity contribution in [3.63, 3.8) is 0 Å². The van der Waals surface area contributed by atoms with Gasteiger partial charge in [-0.3, -0.25) is 4.79 Å². The van der Waals surface area contributed by atoms with Gasteiger partial charge in [-0.25, -0.2) is 0 Å². The van der Waals surface area contributed by atoms with Crippen molar-refractivity contribution in [2.45, 2.75) is 0 Å². The number of pyridine rings is 1. The van der Waals surface area contributed by atoms with Crippen LogP contribution >= 0.6 is 34.8 Å². The van der Waals surface area contributed by atoms with E-state index in [1.807, 2.05) is 0 Å². The molecule has 0 aliphatic heterocycles. The van der Waals surface area contributed by atoms with Gasteiger partial charge in [0, 0.05) is 16.2 Å². The van der Waals surface area contributed by atoms with Crippen LogP contribution in [0.2, 0.25) is 15.1 Å². The molecule has 5 heteroatoms. The summed E-state index contributed by atoms with van der Waals surface area (Å²) in [6, 6.07) is 6.71. The van der Waals surface area contributed by atoms with E-state index >= 15 is 0 Å². The van der Waals surface area contributed by atoms with E-state index in [0.29, 0.717) is 10.0 Å². The first-order valence-electron chi connectivity index (χ1n) is 4.41. The van der Waals surface area contributed by atoms with Crippen LogP contribution in [0.1, 0.15) is 0 Å². The maximum atomic E-state index is 11.1. The van der Waals surface area contributed by atoms with Crippen LogP contribution in [0.25, 0.3) is 11.1 Å². The molecule has 1 aromatic carbocycles. The predicted octanol–water partition coefficient (Wildman–Crippen LogP) is 4.00. The molecule has 0 aliphatic carbocycles. The highest BCUT2D eigenvalue weighted by atomic mass is 35.5. The van der Waals surface area contributed by atoms with Crippen molar-refractivity contribution in [1.29, 1.82) is 0 Å². The Morgan fingerprint density at radius 3 is 2.06 bits per heavy atom. The van der Waals surface area contributed by atoms with Crippen LogP contribution in [-0.4, -0.2) is 4.98 Å². The van der Waals surface area contributed by atoms with Crippen molar-refractivity contribution in [3.05, 3.63) is 55.9 Å². The Kier molecular flexibility index (Phi) is 3.24. The highest BCUT2D eigenvalue weighted by Gasteiger charge is 2.04. The van der Waals surface area contributed by atoms with Gasteiger partial charge in [0.1, 0.15) is 5.02 Å². The van der Waals surface area contributed by atoms with E-state index in [1.165, 1.54) is 0 Å². The summed E-state index contributed by atoms with van der Waals surface area (Å²) in [5.41, 5.74) is 1.24. The monoisotopic (exact) mass is 273 g/mol. The van der Waals surface area contributed by atoms with E-state index in [2.05, 4.69) is 4.98 Å². The summed E-state index contributed by atoms with van der Waals surface area (Å²) in [4.78, 5) is 13.6. The minimum atomic E-state index is -0.321. The van der Waals surface area contributed by atoms with Crippen LogP contribution in [0.4, 0.5) is 0 Å². The van der Waals surface area contributed by atoms with Crippen molar-refractivity contribution < 1.29 is 0 Å². The van der Waals surface area contributed by atoms with Gasteiger partial charge in [0.15, 0.2) is 0 Å². The minimum absolute atomic E-state index is 0.133. The van der Waals surface area contributed by atoms with E-state index < -0.39 is 0 Å². The first kappa shape index (κ1) is 11.5. The van der Waals surface area contributed by atoms with Crippen LogP contribution in [0, 0.1) is 0 Å². The molecule has 0 fully saturated rings. The molecule has 0 aliphatic rings. The number of halogens is 3. The maximum absolute atomic E-state index is 11.1. The predicted molar refractivity (Wildman–Crippen MR) is 67.5 cm³/mol. The van der Waals surface area contributed by atoms with Crippen LogP contribution in [0.3, 0.4) is 0 Å². The Hall–Kier alpha value is -0.960. The number of hydrogen-bond donors (Lipinski definition) is 1. The zero-order valence-electron chi connectivity index (χ0n) is 7.93. The third kappa shape index (κ3) is 2.40. The SMILES string of the molecule is O=c1[nH]cc(-c2cc(Cl)cc(Cl)c2)cc1Cl. The summed E-state index contributed by atoms with van der Waals surface area (Å²) in [7, 11) is 0. The molecule has 0 bridgehead atoms. The topological polar surface area (TPSA) is 32.9 Å². The summed E-state index contributed by atoms with van der Waals surface area (Å²) in [5.74, 6) is 0. The number of nitrogens with one attached hydrogen (secondary N) is 1. The lowest BCUT2D eigenvalue weighted by molar-refractivity contribution is 1.24. The molecule has 0 spiro atoms. The second-order valence-electron chi connectivity index (χ2n) is 3.22. The first-order valence-corrected chi connectivity index (χ1v) is 5.54. The fraction of sp³-hybridized carbons (Fsp3) is 0. The molecule has 82 valence electrons. The molecule has 0 atom stereocenters. The third-order valence-electron chi connectivity index (χ3n) is 2.05. The number of H-pyrrole nitrogens is 1. The number of hydrogen-bond acceptors (Lipinski definition) is 1. The van der Waals surface area contributed by atoms with Crippen molar-refractivity contribution in [3.8, 4) is 11.1 Å². The van der Waals surface area contributed by atoms with Gasteiger partial charge in [0.25, 0.3) is 5.56 Å². The summed E-state index contributed by atoms with van der Waals surface area (Å²) in [6.07, 6.45) is 1.57. The second-order valence-corrected chi connectivity index (χ2v) is 4.50. The van der Waals surface area contributed by atoms with Gasteiger partial charge in [-0.05, 0) is 35.4 Å². The smallest absolute Gasteiger partial charge is 0.266 e. The fourth-order valence-electron chi connectivity index (χ4n) is 1.34. The molecule has 16 heavy (non-hydrogen) atoms. The van der Waals surface area contributed by atoms with E-state index in [0.717, 1.165) is 11.1 Å². The average Bonchev–Trinajstić information content (AvgIpc) is 2.20. The number of aromatic amines is 1. The lowest BCUT2D eigenvalue weighted by Gasteiger charge is -2.03. The van der Waals surface area contributed by atoms with Gasteiger partial charge >= 0.3 is 0 Å². The summed E-state index contributed by atoms with van der Waals surface area (Å²) in [5, 5.41) is 1.20. The molecule has 0 saturated heterocycles. The van der Waals surface area contributed by atoms with E-state index in [9.17, 15) is 4.79 Å². The lowest BCUT2D eigenvalue weighted by atomic mass is 10.1. The first-order chi connectivity index (χ1) is 7.56. The highest BCUT2D eigenvalue weighted by Crippen LogP contribution is 2.27. The van der Waals surface area contributed by atoms with Crippen molar-refractivity contribution in [2.24, 2.45) is 0 Å². The zero-order valence-corrected chi connectivity index (χ0v) is 10.2. The molecule has 2 rings (SSSR count). The van der Waals surface area contributed by atoms with Crippen molar-refractivity contribution >= 4 is 34.8 Å². The number of benzene rings is 1. The Balaban J connectivity index is 2.58. The highest BCUT2D eigenvalue weighted by molar-refractivity contribution is 6.35. The lowest BCUT2D eigenvalue weighted by Crippen LogP contribution is -2.04. The number of rotatable bonds is 1. The fourth-order valence-corrected chi connectivity index (χ4v) is 2.04. The standard InChI is InChI=1S/C11H6Cl3NO/c12-8-1-6(2-9(13)4-8)7-3-10(14)11(16)15-5-7/h1-5H,(H,15,16). The molecule has 0 amide bonds. The molecular weight excluding hydrogens is 268 g/mol. The van der Waals surface area contributed by atoms with E-state index in [-0.39, 0.29) is 10.6 Å². The Bertz CT molecular complexity index is 572. The van der Waals surface area contributed by atoms with Gasteiger partial charge in [-0.1, -0.05) is 34.8 Å². The average molecular weight is 275 g/mol. The second kappa shape index (κ2) is 4.50. The molecule has 2 nitrogen and oxygen atoms in total. The normalized spacial score (nSPS) is 10.4. The molecule has 0 unspecified atom stereocenters. The Morgan fingerprint density at radius 1 is 0.875 bits per heavy atom. The molecule has 2 aromatic rings. The van der Waals surface area contributed by atoms with Crippen molar-refractivity contribution in [1.82, 2.24) is 4.98 Å². The van der Waals surface area contributed by atoms with Gasteiger partial charge in [0.05, 0.1) is 0 Å². The molecule has 0 radical (unpaired) electrons. The van der Waals surface area contributed by atoms with Crippen LogP contribution in [0.15, 0.2) is 35.3 Å². The Labute approximate surface area is 107 Å². The maximum Gasteiger partial charge on any atom is 0.266 e. The summed E-state index contributed by atoms with van der Waals surface area (Å²) in [6.45, 7) is 0. The molecular formula is C11H6Cl3NO. The molecule has 1 N–H and O–H groups in total. The van der Waals surface area contributed by atoms with Gasteiger partial charge < -0.3 is 4.98 Å². The zero-order chi connectivity index (χ0) is 11.7. The molecule has 1 aromatic heterocycles. The number of aromatic nitrogens is 1. The minimum Gasteiger partial charge on any atom is -0.327 e. The van der Waals surface area contributed by atoms with Crippen molar-refractivity contribution in [2.75, 3.05) is 0 Å². The summed E-state index contributed by atoms with van der Waals surface area (Å²) >= 11 is 17.5. The third-order valence-corrected chi connectivity index (χ3v) is 2.77. The van der Waals surface area contributed by atoms with E-state index in [4.69, 9.17) is 34.8 Å². The van der Waals surface area contributed by atoms with Gasteiger partial charge in [-0.2, -0.15) is 0 Å². The van der Waals surface area contributed by atoms with Crippen LogP contribution < -0.4 is 5.56 Å². The Morgan fingerprint density at radius 2 is 1.50 bits per heavy atom. The largest absolute Gasteiger partial charge is 0.327 e. The van der Waals surface area contributed by atoms with Gasteiger partial charge in [-0.15, -0.1) is 0 Å². The quantitative estimate of drug-likeness (QED) is 0.837. The molecule has 0 saturated carbocycles. The van der Waals surface area contributed by atoms with Crippen LogP contribution in [0.5, 0.6) is 0 Å².